The zero-order chi connectivity index (χ0) is 10.7. The summed E-state index contributed by atoms with van der Waals surface area (Å²) in [6, 6.07) is 3.79. The zero-order valence-electron chi connectivity index (χ0n) is 8.45. The van der Waals surface area contributed by atoms with Crippen molar-refractivity contribution in [1.82, 2.24) is 5.48 Å². The quantitative estimate of drug-likeness (QED) is 0.729. The van der Waals surface area contributed by atoms with Crippen molar-refractivity contribution < 1.29 is 19.4 Å². The Morgan fingerprint density at radius 1 is 1.33 bits per heavy atom. The highest BCUT2D eigenvalue weighted by Crippen LogP contribution is 2.39. The largest absolute Gasteiger partial charge is 0.453 e. The Hall–Kier alpha value is -1.30. The summed E-state index contributed by atoms with van der Waals surface area (Å²) in [7, 11) is 1.63. The van der Waals surface area contributed by atoms with Crippen molar-refractivity contribution in [2.75, 3.05) is 13.9 Å². The molecule has 5 heteroatoms. The van der Waals surface area contributed by atoms with Crippen molar-refractivity contribution >= 4 is 0 Å². The molecule has 0 radical (unpaired) electrons. The van der Waals surface area contributed by atoms with Crippen molar-refractivity contribution in [3.05, 3.63) is 23.3 Å². The molecular formula is C10H13NO4. The molecule has 0 aliphatic carbocycles. The number of hydrogen-bond donors (Lipinski definition) is 2. The lowest BCUT2D eigenvalue weighted by molar-refractivity contribution is 0.154. The van der Waals surface area contributed by atoms with Crippen LogP contribution in [-0.4, -0.2) is 19.1 Å². The van der Waals surface area contributed by atoms with E-state index < -0.39 is 0 Å². The fraction of sp³-hybridized carbons (Fsp3) is 0.400. The van der Waals surface area contributed by atoms with E-state index >= 15 is 0 Å². The molecule has 5 nitrogen and oxygen atoms in total. The first kappa shape index (κ1) is 10.2. The van der Waals surface area contributed by atoms with Crippen LogP contribution >= 0.6 is 0 Å². The Morgan fingerprint density at radius 2 is 2.00 bits per heavy atom. The molecule has 0 saturated heterocycles. The number of rotatable bonds is 4. The second-order valence-electron chi connectivity index (χ2n) is 3.22. The Morgan fingerprint density at radius 3 is 2.67 bits per heavy atom. The summed E-state index contributed by atoms with van der Waals surface area (Å²) in [5, 5.41) is 8.65. The number of fused-ring (bicyclic) bond motifs is 1. The molecule has 0 atom stereocenters. The third-order valence-electron chi connectivity index (χ3n) is 2.25. The van der Waals surface area contributed by atoms with Crippen LogP contribution in [0.25, 0.3) is 0 Å². The van der Waals surface area contributed by atoms with Crippen LogP contribution in [0, 0.1) is 0 Å². The first-order valence-corrected chi connectivity index (χ1v) is 4.63. The third kappa shape index (κ3) is 1.90. The van der Waals surface area contributed by atoms with Crippen LogP contribution in [0.1, 0.15) is 11.1 Å². The number of ether oxygens (including phenoxy) is 3. The lowest BCUT2D eigenvalue weighted by Gasteiger charge is -2.08. The average Bonchev–Trinajstić information content (AvgIpc) is 2.71. The Kier molecular flexibility index (Phi) is 3.05. The fourth-order valence-electron chi connectivity index (χ4n) is 1.60. The minimum absolute atomic E-state index is 0.217. The van der Waals surface area contributed by atoms with E-state index in [-0.39, 0.29) is 6.79 Å². The highest BCUT2D eigenvalue weighted by atomic mass is 16.7. The topological polar surface area (TPSA) is 60.0 Å². The van der Waals surface area contributed by atoms with Gasteiger partial charge in [0.15, 0.2) is 11.5 Å². The first-order valence-electron chi connectivity index (χ1n) is 4.63. The predicted molar refractivity (Wildman–Crippen MR) is 51.9 cm³/mol. The first-order chi connectivity index (χ1) is 7.36. The highest BCUT2D eigenvalue weighted by Gasteiger charge is 2.21. The van der Waals surface area contributed by atoms with E-state index in [1.54, 1.807) is 7.11 Å². The van der Waals surface area contributed by atoms with E-state index in [9.17, 15) is 0 Å². The second kappa shape index (κ2) is 4.48. The van der Waals surface area contributed by atoms with Gasteiger partial charge in [-0.05, 0) is 0 Å². The molecule has 0 aromatic heterocycles. The Labute approximate surface area is 87.5 Å². The van der Waals surface area contributed by atoms with Gasteiger partial charge in [0.2, 0.25) is 6.79 Å². The van der Waals surface area contributed by atoms with Crippen LogP contribution < -0.4 is 15.0 Å². The molecule has 1 aromatic rings. The van der Waals surface area contributed by atoms with E-state index in [0.717, 1.165) is 11.1 Å². The minimum Gasteiger partial charge on any atom is -0.453 e. The molecule has 1 aliphatic rings. The number of hydroxylamine groups is 1. The zero-order valence-corrected chi connectivity index (χ0v) is 8.45. The molecule has 0 unspecified atom stereocenters. The molecule has 15 heavy (non-hydrogen) atoms. The maximum atomic E-state index is 8.65. The summed E-state index contributed by atoms with van der Waals surface area (Å²) in [5.74, 6) is 1.40. The monoisotopic (exact) mass is 211 g/mol. The van der Waals surface area contributed by atoms with Gasteiger partial charge in [-0.1, -0.05) is 12.1 Å². The maximum Gasteiger partial charge on any atom is 0.231 e. The molecule has 1 aromatic carbocycles. The van der Waals surface area contributed by atoms with E-state index in [2.05, 4.69) is 5.48 Å². The molecule has 0 fully saturated rings. The SMILES string of the molecule is COCc1ccc(CNO)c2c1OCO2. The van der Waals surface area contributed by atoms with Crippen molar-refractivity contribution in [3.8, 4) is 11.5 Å². The third-order valence-corrected chi connectivity index (χ3v) is 2.25. The minimum atomic E-state index is 0.217. The summed E-state index contributed by atoms with van der Waals surface area (Å²) < 4.78 is 15.8. The van der Waals surface area contributed by atoms with Crippen molar-refractivity contribution in [2.45, 2.75) is 13.2 Å². The Bertz CT molecular complexity index is 321. The van der Waals surface area contributed by atoms with Gasteiger partial charge in [0.1, 0.15) is 0 Å². The lowest BCUT2D eigenvalue weighted by atomic mass is 10.1. The van der Waals surface area contributed by atoms with Crippen LogP contribution in [0.4, 0.5) is 0 Å². The van der Waals surface area contributed by atoms with Crippen molar-refractivity contribution in [3.63, 3.8) is 0 Å². The van der Waals surface area contributed by atoms with Gasteiger partial charge in [0.25, 0.3) is 0 Å². The van der Waals surface area contributed by atoms with Crippen LogP contribution in [0.2, 0.25) is 0 Å². The van der Waals surface area contributed by atoms with Gasteiger partial charge < -0.3 is 19.4 Å². The normalized spacial score (nSPS) is 13.2. The summed E-state index contributed by atoms with van der Waals surface area (Å²) in [6.45, 7) is 1.03. The predicted octanol–water partition coefficient (Wildman–Crippen LogP) is 1.04. The molecule has 1 heterocycles. The van der Waals surface area contributed by atoms with Gasteiger partial charge in [-0.25, -0.2) is 5.48 Å². The van der Waals surface area contributed by atoms with E-state index in [1.165, 1.54) is 0 Å². The maximum absolute atomic E-state index is 8.65. The van der Waals surface area contributed by atoms with Crippen molar-refractivity contribution in [1.29, 1.82) is 0 Å². The number of nitrogens with one attached hydrogen (secondary N) is 1. The van der Waals surface area contributed by atoms with Gasteiger partial charge in [0, 0.05) is 24.8 Å². The van der Waals surface area contributed by atoms with Gasteiger partial charge >= 0.3 is 0 Å². The number of methoxy groups -OCH3 is 1. The average molecular weight is 211 g/mol. The van der Waals surface area contributed by atoms with Gasteiger partial charge in [-0.15, -0.1) is 0 Å². The molecule has 82 valence electrons. The van der Waals surface area contributed by atoms with Crippen LogP contribution in [-0.2, 0) is 17.9 Å². The summed E-state index contributed by atoms with van der Waals surface area (Å²) in [4.78, 5) is 0. The molecule has 0 bridgehead atoms. The molecular weight excluding hydrogens is 198 g/mol. The van der Waals surface area contributed by atoms with Crippen molar-refractivity contribution in [2.24, 2.45) is 0 Å². The molecule has 2 N–H and O–H groups in total. The van der Waals surface area contributed by atoms with Gasteiger partial charge in [0.05, 0.1) is 6.61 Å². The molecule has 0 spiro atoms. The van der Waals surface area contributed by atoms with Gasteiger partial charge in [-0.2, -0.15) is 0 Å². The molecule has 0 saturated carbocycles. The van der Waals surface area contributed by atoms with Crippen LogP contribution in [0.15, 0.2) is 12.1 Å². The van der Waals surface area contributed by atoms with Crippen LogP contribution in [0.3, 0.4) is 0 Å². The van der Waals surface area contributed by atoms with E-state index in [1.807, 2.05) is 12.1 Å². The Balaban J connectivity index is 2.35. The smallest absolute Gasteiger partial charge is 0.231 e. The molecule has 0 amide bonds. The fourth-order valence-corrected chi connectivity index (χ4v) is 1.60. The van der Waals surface area contributed by atoms with Gasteiger partial charge in [-0.3, -0.25) is 0 Å². The molecule has 2 rings (SSSR count). The van der Waals surface area contributed by atoms with Crippen LogP contribution in [0.5, 0.6) is 11.5 Å². The number of hydrogen-bond acceptors (Lipinski definition) is 5. The van der Waals surface area contributed by atoms with E-state index in [0.29, 0.717) is 24.7 Å². The summed E-state index contributed by atoms with van der Waals surface area (Å²) in [5.41, 5.74) is 3.91. The molecule has 1 aliphatic heterocycles. The van der Waals surface area contributed by atoms with E-state index in [4.69, 9.17) is 19.4 Å². The lowest BCUT2D eigenvalue weighted by Crippen LogP contribution is -2.07. The highest BCUT2D eigenvalue weighted by molar-refractivity contribution is 5.53. The second-order valence-corrected chi connectivity index (χ2v) is 3.22. The standard InChI is InChI=1S/C10H13NO4/c1-13-5-8-3-2-7(4-11-12)9-10(8)15-6-14-9/h2-3,11-12H,4-6H2,1H3. The number of benzene rings is 1. The summed E-state index contributed by atoms with van der Waals surface area (Å²) >= 11 is 0. The summed E-state index contributed by atoms with van der Waals surface area (Å²) in [6.07, 6.45) is 0.